The van der Waals surface area contributed by atoms with Gasteiger partial charge in [-0.1, -0.05) is 13.8 Å². The van der Waals surface area contributed by atoms with E-state index in [0.717, 1.165) is 32.5 Å². The van der Waals surface area contributed by atoms with Gasteiger partial charge >= 0.3 is 0 Å². The summed E-state index contributed by atoms with van der Waals surface area (Å²) in [6.45, 7) is 10.6. The molecule has 1 atom stereocenters. The van der Waals surface area contributed by atoms with Gasteiger partial charge in [0.15, 0.2) is 12.4 Å². The number of fused-ring (bicyclic) bond motifs is 1. The molecule has 7 heteroatoms. The average molecular weight is 389 g/mol. The summed E-state index contributed by atoms with van der Waals surface area (Å²) in [7, 11) is 0. The highest BCUT2D eigenvalue weighted by atomic mass is 16.5. The van der Waals surface area contributed by atoms with Crippen LogP contribution < -0.4 is 15.0 Å². The van der Waals surface area contributed by atoms with Crippen molar-refractivity contribution in [1.82, 2.24) is 10.2 Å². The Bertz CT molecular complexity index is 716. The van der Waals surface area contributed by atoms with Crippen LogP contribution in [-0.4, -0.2) is 61.3 Å². The van der Waals surface area contributed by atoms with Crippen LogP contribution in [0.3, 0.4) is 0 Å². The van der Waals surface area contributed by atoms with Crippen LogP contribution in [0.4, 0.5) is 5.69 Å². The van der Waals surface area contributed by atoms with Crippen molar-refractivity contribution in [3.05, 3.63) is 23.8 Å². The molecule has 0 spiro atoms. The highest BCUT2D eigenvalue weighted by molar-refractivity contribution is 6.04. The first-order valence-corrected chi connectivity index (χ1v) is 9.95. The van der Waals surface area contributed by atoms with Gasteiger partial charge in [-0.05, 0) is 64.5 Å². The number of carbonyl (C=O) groups is 3. The van der Waals surface area contributed by atoms with Gasteiger partial charge in [-0.15, -0.1) is 0 Å². The second-order valence-electron chi connectivity index (χ2n) is 7.14. The van der Waals surface area contributed by atoms with Crippen LogP contribution in [0.2, 0.25) is 0 Å². The van der Waals surface area contributed by atoms with Crippen molar-refractivity contribution in [2.75, 3.05) is 37.7 Å². The van der Waals surface area contributed by atoms with Crippen molar-refractivity contribution in [1.29, 1.82) is 0 Å². The maximum atomic E-state index is 12.5. The largest absolute Gasteiger partial charge is 0.482 e. The number of nitrogens with one attached hydrogen (secondary N) is 1. The molecule has 2 amide bonds. The minimum atomic E-state index is -0.294. The predicted octanol–water partition coefficient (Wildman–Crippen LogP) is 2.24. The van der Waals surface area contributed by atoms with Crippen molar-refractivity contribution in [3.8, 4) is 5.75 Å². The third-order valence-electron chi connectivity index (χ3n) is 5.02. The molecule has 154 valence electrons. The molecule has 1 aliphatic rings. The maximum Gasteiger partial charge on any atom is 0.265 e. The van der Waals surface area contributed by atoms with Gasteiger partial charge in [0.1, 0.15) is 12.3 Å². The van der Waals surface area contributed by atoms with Crippen LogP contribution in [-0.2, 0) is 9.59 Å². The number of ketones is 1. The number of hydrogen-bond donors (Lipinski definition) is 1. The summed E-state index contributed by atoms with van der Waals surface area (Å²) >= 11 is 0. The number of benzene rings is 1. The Morgan fingerprint density at radius 2 is 2.00 bits per heavy atom. The van der Waals surface area contributed by atoms with E-state index in [1.54, 1.807) is 18.2 Å². The van der Waals surface area contributed by atoms with E-state index in [0.29, 0.717) is 17.0 Å². The summed E-state index contributed by atoms with van der Waals surface area (Å²) in [6, 6.07) is 4.96. The Balaban J connectivity index is 1.95. The lowest BCUT2D eigenvalue weighted by Crippen LogP contribution is -2.47. The van der Waals surface area contributed by atoms with Crippen LogP contribution >= 0.6 is 0 Å². The lowest BCUT2D eigenvalue weighted by atomic mass is 10.1. The van der Waals surface area contributed by atoms with Crippen molar-refractivity contribution in [2.45, 2.75) is 46.6 Å². The molecule has 0 aliphatic carbocycles. The second-order valence-corrected chi connectivity index (χ2v) is 7.14. The van der Waals surface area contributed by atoms with Crippen molar-refractivity contribution in [2.24, 2.45) is 0 Å². The minimum absolute atomic E-state index is 0.0298. The van der Waals surface area contributed by atoms with Crippen LogP contribution in [0.1, 0.15) is 50.9 Å². The third-order valence-corrected chi connectivity index (χ3v) is 5.02. The minimum Gasteiger partial charge on any atom is -0.482 e. The van der Waals surface area contributed by atoms with E-state index in [9.17, 15) is 14.4 Å². The van der Waals surface area contributed by atoms with Crippen molar-refractivity contribution < 1.29 is 19.1 Å². The van der Waals surface area contributed by atoms with Crippen LogP contribution in [0.5, 0.6) is 5.75 Å². The Morgan fingerprint density at radius 1 is 1.29 bits per heavy atom. The lowest BCUT2D eigenvalue weighted by Gasteiger charge is -2.29. The topological polar surface area (TPSA) is 79.0 Å². The zero-order valence-corrected chi connectivity index (χ0v) is 17.3. The quantitative estimate of drug-likeness (QED) is 0.621. The number of nitrogens with zero attached hydrogens (tertiary/aromatic N) is 2. The molecule has 1 N–H and O–H groups in total. The smallest absolute Gasteiger partial charge is 0.265 e. The number of amides is 2. The standard InChI is InChI=1S/C21H31N3O4/c1-5-23(6-2)11-7-8-15(3)22-20(26)13-24-18-12-17(16(4)25)9-10-19(18)28-14-21(24)27/h9-10,12,15H,5-8,11,13-14H2,1-4H3,(H,22,26). The zero-order chi connectivity index (χ0) is 20.7. The van der Waals surface area contributed by atoms with Gasteiger partial charge in [-0.2, -0.15) is 0 Å². The Kier molecular flexibility index (Phi) is 7.99. The molecule has 28 heavy (non-hydrogen) atoms. The molecule has 0 radical (unpaired) electrons. The molecule has 1 aromatic carbocycles. The number of ether oxygens (including phenoxy) is 1. The fourth-order valence-electron chi connectivity index (χ4n) is 3.29. The predicted molar refractivity (Wildman–Crippen MR) is 109 cm³/mol. The number of rotatable bonds is 10. The molecule has 0 aromatic heterocycles. The van der Waals surface area contributed by atoms with Gasteiger partial charge in [0.05, 0.1) is 5.69 Å². The first kappa shape index (κ1) is 21.9. The van der Waals surface area contributed by atoms with Gasteiger partial charge < -0.3 is 15.0 Å². The Labute approximate surface area is 167 Å². The Morgan fingerprint density at radius 3 is 2.64 bits per heavy atom. The molecule has 2 rings (SSSR count). The summed E-state index contributed by atoms with van der Waals surface area (Å²) in [6.07, 6.45) is 1.88. The normalized spacial score (nSPS) is 14.5. The van der Waals surface area contributed by atoms with Gasteiger partial charge in [0, 0.05) is 11.6 Å². The highest BCUT2D eigenvalue weighted by Gasteiger charge is 2.28. The van der Waals surface area contributed by atoms with E-state index in [-0.39, 0.29) is 36.8 Å². The summed E-state index contributed by atoms with van der Waals surface area (Å²) < 4.78 is 5.42. The average Bonchev–Trinajstić information content (AvgIpc) is 2.67. The molecule has 1 aromatic rings. The molecule has 7 nitrogen and oxygen atoms in total. The first-order chi connectivity index (χ1) is 13.3. The number of Topliss-reactive ketones (excluding diaryl/α,β-unsaturated/α-hetero) is 1. The van der Waals surface area contributed by atoms with E-state index in [2.05, 4.69) is 24.1 Å². The van der Waals surface area contributed by atoms with Crippen LogP contribution in [0, 0.1) is 0 Å². The van der Waals surface area contributed by atoms with E-state index < -0.39 is 0 Å². The van der Waals surface area contributed by atoms with E-state index in [4.69, 9.17) is 4.74 Å². The highest BCUT2D eigenvalue weighted by Crippen LogP contribution is 2.33. The molecular weight excluding hydrogens is 358 g/mol. The molecule has 0 fully saturated rings. The monoisotopic (exact) mass is 389 g/mol. The van der Waals surface area contributed by atoms with Gasteiger partial charge in [-0.25, -0.2) is 0 Å². The van der Waals surface area contributed by atoms with Gasteiger partial charge in [-0.3, -0.25) is 19.3 Å². The molecule has 0 saturated heterocycles. The summed E-state index contributed by atoms with van der Waals surface area (Å²) in [5.74, 6) is -0.112. The second kappa shape index (κ2) is 10.2. The molecular formula is C21H31N3O4. The van der Waals surface area contributed by atoms with Crippen LogP contribution in [0.25, 0.3) is 0 Å². The SMILES string of the molecule is CCN(CC)CCCC(C)NC(=O)CN1C(=O)COc2ccc(C(C)=O)cc21. The number of anilines is 1. The summed E-state index contributed by atoms with van der Waals surface area (Å²) in [5, 5.41) is 2.97. The molecule has 0 saturated carbocycles. The molecule has 1 aliphatic heterocycles. The summed E-state index contributed by atoms with van der Waals surface area (Å²) in [5.41, 5.74) is 0.945. The van der Waals surface area contributed by atoms with Crippen LogP contribution in [0.15, 0.2) is 18.2 Å². The molecule has 0 bridgehead atoms. The number of hydrogen-bond acceptors (Lipinski definition) is 5. The summed E-state index contributed by atoms with van der Waals surface area (Å²) in [4.78, 5) is 40.2. The van der Waals surface area contributed by atoms with E-state index in [1.165, 1.54) is 11.8 Å². The molecule has 1 unspecified atom stereocenters. The molecule has 1 heterocycles. The van der Waals surface area contributed by atoms with Crippen molar-refractivity contribution >= 4 is 23.3 Å². The zero-order valence-electron chi connectivity index (χ0n) is 17.3. The third kappa shape index (κ3) is 5.79. The van der Waals surface area contributed by atoms with Crippen molar-refractivity contribution in [3.63, 3.8) is 0 Å². The fraction of sp³-hybridized carbons (Fsp3) is 0.571. The Hall–Kier alpha value is -2.41. The lowest BCUT2D eigenvalue weighted by molar-refractivity contribution is -0.125. The van der Waals surface area contributed by atoms with E-state index >= 15 is 0 Å². The fourth-order valence-corrected chi connectivity index (χ4v) is 3.29. The number of carbonyl (C=O) groups excluding carboxylic acids is 3. The van der Waals surface area contributed by atoms with E-state index in [1.807, 2.05) is 6.92 Å². The van der Waals surface area contributed by atoms with Gasteiger partial charge in [0.2, 0.25) is 5.91 Å². The van der Waals surface area contributed by atoms with Gasteiger partial charge in [0.25, 0.3) is 5.91 Å². The maximum absolute atomic E-state index is 12.5. The first-order valence-electron chi connectivity index (χ1n) is 9.95.